The monoisotopic (exact) mass is 210 g/mol. The van der Waals surface area contributed by atoms with Crippen molar-refractivity contribution in [2.45, 2.75) is 38.5 Å². The first-order valence-electron chi connectivity index (χ1n) is 5.83. The molecule has 2 saturated carbocycles. The lowest BCUT2D eigenvalue weighted by Crippen LogP contribution is -2.36. The zero-order chi connectivity index (χ0) is 10.8. The van der Waals surface area contributed by atoms with Crippen LogP contribution in [0.3, 0.4) is 0 Å². The minimum absolute atomic E-state index is 0.0809. The van der Waals surface area contributed by atoms with Gasteiger partial charge in [-0.05, 0) is 24.7 Å². The van der Waals surface area contributed by atoms with Gasteiger partial charge in [0, 0.05) is 6.42 Å². The fourth-order valence-corrected chi connectivity index (χ4v) is 2.76. The van der Waals surface area contributed by atoms with E-state index < -0.39 is 5.92 Å². The lowest BCUT2D eigenvalue weighted by molar-refractivity contribution is -0.152. The summed E-state index contributed by atoms with van der Waals surface area (Å²) in [6.45, 7) is 0. The van der Waals surface area contributed by atoms with Gasteiger partial charge < -0.3 is 4.74 Å². The number of rotatable bonds is 2. The molecule has 3 heteroatoms. The van der Waals surface area contributed by atoms with E-state index in [1.54, 1.807) is 0 Å². The van der Waals surface area contributed by atoms with Crippen LogP contribution in [-0.2, 0) is 14.3 Å². The van der Waals surface area contributed by atoms with Crippen molar-refractivity contribution in [1.29, 1.82) is 0 Å². The van der Waals surface area contributed by atoms with Crippen LogP contribution in [-0.4, -0.2) is 18.9 Å². The summed E-state index contributed by atoms with van der Waals surface area (Å²) >= 11 is 0. The highest BCUT2D eigenvalue weighted by molar-refractivity contribution is 5.99. The van der Waals surface area contributed by atoms with E-state index in [4.69, 9.17) is 0 Å². The molecule has 0 aromatic heterocycles. The molecular formula is C12H18O3. The number of hydrogen-bond acceptors (Lipinski definition) is 3. The molecule has 0 N–H and O–H groups in total. The minimum atomic E-state index is -0.464. The van der Waals surface area contributed by atoms with Crippen molar-refractivity contribution < 1.29 is 14.3 Å². The largest absolute Gasteiger partial charge is 0.468 e. The van der Waals surface area contributed by atoms with Crippen LogP contribution < -0.4 is 0 Å². The van der Waals surface area contributed by atoms with Gasteiger partial charge in [0.1, 0.15) is 11.7 Å². The standard InChI is InChI=1S/C12H18O3/c1-15-12(14)10-7-9(5-6-11(10)13)8-3-2-4-8/h8-10H,2-7H2,1H3. The summed E-state index contributed by atoms with van der Waals surface area (Å²) < 4.78 is 4.68. The van der Waals surface area contributed by atoms with Crippen LogP contribution >= 0.6 is 0 Å². The summed E-state index contributed by atoms with van der Waals surface area (Å²) in [6, 6.07) is 0. The molecule has 0 spiro atoms. The summed E-state index contributed by atoms with van der Waals surface area (Å²) in [5.41, 5.74) is 0. The number of carbonyl (C=O) groups excluding carboxylic acids is 2. The van der Waals surface area contributed by atoms with Crippen molar-refractivity contribution in [2.75, 3.05) is 7.11 Å². The van der Waals surface area contributed by atoms with E-state index in [-0.39, 0.29) is 11.8 Å². The Hall–Kier alpha value is -0.860. The number of carbonyl (C=O) groups is 2. The van der Waals surface area contributed by atoms with E-state index in [1.165, 1.54) is 26.4 Å². The third-order valence-corrected chi connectivity index (χ3v) is 3.99. The molecule has 0 aromatic carbocycles. The Kier molecular flexibility index (Phi) is 3.08. The average Bonchev–Trinajstić information content (AvgIpc) is 2.17. The molecule has 3 nitrogen and oxygen atoms in total. The van der Waals surface area contributed by atoms with Gasteiger partial charge in [0.05, 0.1) is 7.11 Å². The molecule has 2 aliphatic carbocycles. The van der Waals surface area contributed by atoms with Crippen molar-refractivity contribution in [3.05, 3.63) is 0 Å². The van der Waals surface area contributed by atoms with Gasteiger partial charge in [-0.2, -0.15) is 0 Å². The molecule has 2 aliphatic rings. The van der Waals surface area contributed by atoms with Crippen molar-refractivity contribution in [3.63, 3.8) is 0 Å². The van der Waals surface area contributed by atoms with Gasteiger partial charge in [-0.3, -0.25) is 9.59 Å². The topological polar surface area (TPSA) is 43.4 Å². The highest BCUT2D eigenvalue weighted by atomic mass is 16.5. The first-order valence-corrected chi connectivity index (χ1v) is 5.83. The number of ketones is 1. The van der Waals surface area contributed by atoms with Crippen molar-refractivity contribution >= 4 is 11.8 Å². The predicted molar refractivity (Wildman–Crippen MR) is 55.2 cm³/mol. The van der Waals surface area contributed by atoms with Gasteiger partial charge in [-0.25, -0.2) is 0 Å². The zero-order valence-corrected chi connectivity index (χ0v) is 9.20. The molecule has 0 radical (unpaired) electrons. The smallest absolute Gasteiger partial charge is 0.316 e. The summed E-state index contributed by atoms with van der Waals surface area (Å²) in [5, 5.41) is 0. The van der Waals surface area contributed by atoms with Gasteiger partial charge in [-0.15, -0.1) is 0 Å². The summed E-state index contributed by atoms with van der Waals surface area (Å²) in [4.78, 5) is 23.0. The highest BCUT2D eigenvalue weighted by Gasteiger charge is 2.38. The van der Waals surface area contributed by atoms with Gasteiger partial charge in [-0.1, -0.05) is 19.3 Å². The van der Waals surface area contributed by atoms with E-state index in [0.717, 1.165) is 18.8 Å². The van der Waals surface area contributed by atoms with Crippen LogP contribution in [0.2, 0.25) is 0 Å². The molecule has 2 atom stereocenters. The van der Waals surface area contributed by atoms with Crippen molar-refractivity contribution in [2.24, 2.45) is 17.8 Å². The second-order valence-electron chi connectivity index (χ2n) is 4.77. The second kappa shape index (κ2) is 4.33. The molecule has 2 unspecified atom stereocenters. The Morgan fingerprint density at radius 3 is 2.53 bits per heavy atom. The van der Waals surface area contributed by atoms with Crippen LogP contribution in [0.25, 0.3) is 0 Å². The lowest BCUT2D eigenvalue weighted by atomic mass is 9.67. The lowest BCUT2D eigenvalue weighted by Gasteiger charge is -2.37. The molecule has 0 amide bonds. The van der Waals surface area contributed by atoms with Crippen LogP contribution in [0.1, 0.15) is 38.5 Å². The molecular weight excluding hydrogens is 192 g/mol. The molecule has 0 bridgehead atoms. The number of esters is 1. The Labute approximate surface area is 90.2 Å². The zero-order valence-electron chi connectivity index (χ0n) is 9.20. The molecule has 0 saturated heterocycles. The number of methoxy groups -OCH3 is 1. The molecule has 0 heterocycles. The fraction of sp³-hybridized carbons (Fsp3) is 0.833. The van der Waals surface area contributed by atoms with E-state index in [1.807, 2.05) is 0 Å². The van der Waals surface area contributed by atoms with E-state index in [0.29, 0.717) is 12.3 Å². The maximum atomic E-state index is 11.6. The Morgan fingerprint density at radius 1 is 1.27 bits per heavy atom. The number of ether oxygens (including phenoxy) is 1. The Bertz CT molecular complexity index is 260. The third kappa shape index (κ3) is 2.06. The first-order chi connectivity index (χ1) is 7.22. The normalized spacial score (nSPS) is 32.2. The SMILES string of the molecule is COC(=O)C1CC(C2CCC2)CCC1=O. The van der Waals surface area contributed by atoms with Gasteiger partial charge >= 0.3 is 5.97 Å². The van der Waals surface area contributed by atoms with Gasteiger partial charge in [0.15, 0.2) is 0 Å². The quantitative estimate of drug-likeness (QED) is 0.517. The maximum absolute atomic E-state index is 11.6. The maximum Gasteiger partial charge on any atom is 0.316 e. The molecule has 15 heavy (non-hydrogen) atoms. The second-order valence-corrected chi connectivity index (χ2v) is 4.77. The van der Waals surface area contributed by atoms with Crippen molar-refractivity contribution in [3.8, 4) is 0 Å². The predicted octanol–water partition coefficient (Wildman–Crippen LogP) is 1.94. The third-order valence-electron chi connectivity index (χ3n) is 3.99. The minimum Gasteiger partial charge on any atom is -0.468 e. The van der Waals surface area contributed by atoms with Gasteiger partial charge in [0.25, 0.3) is 0 Å². The van der Waals surface area contributed by atoms with Gasteiger partial charge in [0.2, 0.25) is 0 Å². The average molecular weight is 210 g/mol. The molecule has 84 valence electrons. The van der Waals surface area contributed by atoms with Crippen LogP contribution in [0.4, 0.5) is 0 Å². The van der Waals surface area contributed by atoms with E-state index >= 15 is 0 Å². The Balaban J connectivity index is 1.97. The number of Topliss-reactive ketones (excluding diaryl/α,β-unsaturated/α-hetero) is 1. The molecule has 0 aromatic rings. The van der Waals surface area contributed by atoms with E-state index in [2.05, 4.69) is 4.74 Å². The summed E-state index contributed by atoms with van der Waals surface area (Å²) in [6.07, 6.45) is 6.17. The number of hydrogen-bond donors (Lipinski definition) is 0. The van der Waals surface area contributed by atoms with Crippen LogP contribution in [0.5, 0.6) is 0 Å². The van der Waals surface area contributed by atoms with Crippen LogP contribution in [0.15, 0.2) is 0 Å². The molecule has 0 aliphatic heterocycles. The van der Waals surface area contributed by atoms with E-state index in [9.17, 15) is 9.59 Å². The summed E-state index contributed by atoms with van der Waals surface area (Å²) in [7, 11) is 1.36. The Morgan fingerprint density at radius 2 is 2.00 bits per heavy atom. The first kappa shape index (κ1) is 10.7. The van der Waals surface area contributed by atoms with Crippen molar-refractivity contribution in [1.82, 2.24) is 0 Å². The molecule has 2 rings (SSSR count). The highest BCUT2D eigenvalue weighted by Crippen LogP contribution is 2.41. The van der Waals surface area contributed by atoms with Crippen LogP contribution in [0, 0.1) is 17.8 Å². The summed E-state index contributed by atoms with van der Waals surface area (Å²) in [5.74, 6) is 0.640. The molecule has 2 fully saturated rings. The fourth-order valence-electron chi connectivity index (χ4n) is 2.76.